The number of carbonyl (C=O) groups is 1. The molecule has 3 N–H and O–H groups in total. The van der Waals surface area contributed by atoms with Gasteiger partial charge in [-0.2, -0.15) is 5.10 Å². The summed E-state index contributed by atoms with van der Waals surface area (Å²) in [6, 6.07) is 14.0. The van der Waals surface area contributed by atoms with Crippen LogP contribution in [0.1, 0.15) is 46.4 Å². The lowest BCUT2D eigenvalue weighted by molar-refractivity contribution is 0.0726. The van der Waals surface area contributed by atoms with Crippen molar-refractivity contribution < 1.29 is 15.0 Å². The van der Waals surface area contributed by atoms with Crippen molar-refractivity contribution >= 4 is 29.1 Å². The molecular formula is C27H26N4O3. The predicted octanol–water partition coefficient (Wildman–Crippen LogP) is 5.14. The first-order valence-corrected chi connectivity index (χ1v) is 11.4. The van der Waals surface area contributed by atoms with Crippen LogP contribution in [0.5, 0.6) is 11.5 Å². The summed E-state index contributed by atoms with van der Waals surface area (Å²) in [5.74, 6) is 0.402. The average molecular weight is 455 g/mol. The minimum atomic E-state index is -0.0244. The summed E-state index contributed by atoms with van der Waals surface area (Å²) >= 11 is 0. The van der Waals surface area contributed by atoms with E-state index in [0.717, 1.165) is 49.0 Å². The van der Waals surface area contributed by atoms with Crippen molar-refractivity contribution in [2.45, 2.75) is 26.2 Å². The lowest BCUT2D eigenvalue weighted by Crippen LogP contribution is -2.35. The van der Waals surface area contributed by atoms with E-state index in [1.54, 1.807) is 30.3 Å². The van der Waals surface area contributed by atoms with Gasteiger partial charge in [-0.1, -0.05) is 12.1 Å². The average Bonchev–Trinajstić information content (AvgIpc) is 3.28. The SMILES string of the molecule is Cc1cc(/C=C/c2[nH]nc3nc(-c4ccc(O)cc4)cc(C(=O)N4CCCCC4)c23)ccc1O. The largest absolute Gasteiger partial charge is 0.508 e. The van der Waals surface area contributed by atoms with Crippen LogP contribution in [-0.2, 0) is 0 Å². The monoisotopic (exact) mass is 454 g/mol. The fourth-order valence-electron chi connectivity index (χ4n) is 4.35. The Hall–Kier alpha value is -4.13. The van der Waals surface area contributed by atoms with Gasteiger partial charge in [-0.15, -0.1) is 0 Å². The molecule has 1 fully saturated rings. The minimum Gasteiger partial charge on any atom is -0.508 e. The van der Waals surface area contributed by atoms with Crippen LogP contribution in [-0.4, -0.2) is 49.3 Å². The lowest BCUT2D eigenvalue weighted by atomic mass is 10.0. The van der Waals surface area contributed by atoms with E-state index < -0.39 is 0 Å². The normalized spacial score (nSPS) is 14.2. The van der Waals surface area contributed by atoms with Crippen molar-refractivity contribution in [3.63, 3.8) is 0 Å². The fourth-order valence-corrected chi connectivity index (χ4v) is 4.35. The van der Waals surface area contributed by atoms with Crippen LogP contribution in [0.2, 0.25) is 0 Å². The second kappa shape index (κ2) is 9.02. The summed E-state index contributed by atoms with van der Waals surface area (Å²) in [5, 5.41) is 27.6. The lowest BCUT2D eigenvalue weighted by Gasteiger charge is -2.27. The van der Waals surface area contributed by atoms with Crippen molar-refractivity contribution in [2.24, 2.45) is 0 Å². The smallest absolute Gasteiger partial charge is 0.254 e. The number of aromatic hydroxyl groups is 2. The maximum Gasteiger partial charge on any atom is 0.254 e. The molecule has 0 bridgehead atoms. The highest BCUT2D eigenvalue weighted by atomic mass is 16.3. The third-order valence-electron chi connectivity index (χ3n) is 6.25. The highest BCUT2D eigenvalue weighted by Crippen LogP contribution is 2.30. The number of pyridine rings is 1. The summed E-state index contributed by atoms with van der Waals surface area (Å²) in [6.45, 7) is 3.34. The number of aryl methyl sites for hydroxylation is 1. The maximum absolute atomic E-state index is 13.6. The van der Waals surface area contributed by atoms with E-state index in [9.17, 15) is 15.0 Å². The number of aromatic amines is 1. The van der Waals surface area contributed by atoms with Gasteiger partial charge < -0.3 is 15.1 Å². The van der Waals surface area contributed by atoms with Gasteiger partial charge in [-0.25, -0.2) is 4.98 Å². The molecule has 1 amide bonds. The summed E-state index contributed by atoms with van der Waals surface area (Å²) < 4.78 is 0. The first-order valence-electron chi connectivity index (χ1n) is 11.4. The molecule has 3 heterocycles. The maximum atomic E-state index is 13.6. The van der Waals surface area contributed by atoms with E-state index >= 15 is 0 Å². The molecule has 4 aromatic rings. The van der Waals surface area contributed by atoms with Gasteiger partial charge in [0.2, 0.25) is 0 Å². The second-order valence-corrected chi connectivity index (χ2v) is 8.67. The topological polar surface area (TPSA) is 102 Å². The molecule has 34 heavy (non-hydrogen) atoms. The Morgan fingerprint density at radius 1 is 1.00 bits per heavy atom. The number of H-pyrrole nitrogens is 1. The van der Waals surface area contributed by atoms with Crippen molar-refractivity contribution in [1.82, 2.24) is 20.1 Å². The number of likely N-dealkylation sites (tertiary alicyclic amines) is 1. The number of fused-ring (bicyclic) bond motifs is 1. The van der Waals surface area contributed by atoms with Crippen LogP contribution in [0, 0.1) is 6.92 Å². The molecule has 172 valence electrons. The van der Waals surface area contributed by atoms with Crippen molar-refractivity contribution in [3.8, 4) is 22.8 Å². The van der Waals surface area contributed by atoms with Crippen LogP contribution < -0.4 is 0 Å². The van der Waals surface area contributed by atoms with E-state index in [4.69, 9.17) is 4.98 Å². The first-order chi connectivity index (χ1) is 16.5. The van der Waals surface area contributed by atoms with E-state index in [1.165, 1.54) is 0 Å². The van der Waals surface area contributed by atoms with E-state index in [1.807, 2.05) is 42.2 Å². The molecular weight excluding hydrogens is 428 g/mol. The number of nitrogens with zero attached hydrogens (tertiary/aromatic N) is 3. The van der Waals surface area contributed by atoms with E-state index in [-0.39, 0.29) is 17.4 Å². The predicted molar refractivity (Wildman–Crippen MR) is 133 cm³/mol. The molecule has 7 heteroatoms. The number of hydrogen-bond donors (Lipinski definition) is 3. The Balaban J connectivity index is 1.61. The zero-order valence-corrected chi connectivity index (χ0v) is 19.0. The Kier molecular flexibility index (Phi) is 5.76. The van der Waals surface area contributed by atoms with Gasteiger partial charge in [0.1, 0.15) is 11.5 Å². The number of phenols is 2. The van der Waals surface area contributed by atoms with E-state index in [0.29, 0.717) is 28.0 Å². The van der Waals surface area contributed by atoms with Crippen LogP contribution in [0.15, 0.2) is 48.5 Å². The van der Waals surface area contributed by atoms with Crippen LogP contribution in [0.25, 0.3) is 34.4 Å². The first kappa shape index (κ1) is 21.7. The molecule has 0 radical (unpaired) electrons. The molecule has 5 rings (SSSR count). The molecule has 0 atom stereocenters. The molecule has 0 spiro atoms. The number of benzene rings is 2. The molecule has 1 aliphatic heterocycles. The van der Waals surface area contributed by atoms with Gasteiger partial charge in [0.05, 0.1) is 22.3 Å². The molecule has 1 saturated heterocycles. The zero-order chi connectivity index (χ0) is 23.7. The van der Waals surface area contributed by atoms with Crippen LogP contribution in [0.3, 0.4) is 0 Å². The number of hydrogen-bond acceptors (Lipinski definition) is 5. The third kappa shape index (κ3) is 4.24. The third-order valence-corrected chi connectivity index (χ3v) is 6.25. The van der Waals surface area contributed by atoms with Gasteiger partial charge in [-0.3, -0.25) is 9.89 Å². The van der Waals surface area contributed by atoms with Gasteiger partial charge in [0.25, 0.3) is 5.91 Å². The van der Waals surface area contributed by atoms with Crippen molar-refractivity contribution in [2.75, 3.05) is 13.1 Å². The number of amides is 1. The van der Waals surface area contributed by atoms with Gasteiger partial charge in [-0.05, 0) is 85.9 Å². The molecule has 0 aliphatic carbocycles. The van der Waals surface area contributed by atoms with Crippen molar-refractivity contribution in [3.05, 3.63) is 70.9 Å². The molecule has 0 unspecified atom stereocenters. The number of phenolic OH excluding ortho intramolecular Hbond substituents is 2. The molecule has 2 aromatic carbocycles. The highest BCUT2D eigenvalue weighted by molar-refractivity contribution is 6.09. The summed E-state index contributed by atoms with van der Waals surface area (Å²) in [5.41, 5.74) is 4.87. The number of piperidine rings is 1. The minimum absolute atomic E-state index is 0.0244. The van der Waals surface area contributed by atoms with E-state index in [2.05, 4.69) is 10.2 Å². The zero-order valence-electron chi connectivity index (χ0n) is 19.0. The van der Waals surface area contributed by atoms with Gasteiger partial charge >= 0.3 is 0 Å². The Bertz CT molecular complexity index is 1380. The highest BCUT2D eigenvalue weighted by Gasteiger charge is 2.24. The standard InChI is InChI=1S/C27H26N4O3/c1-17-15-18(6-12-24(17)33)5-11-22-25-21(27(34)31-13-3-2-4-14-31)16-23(28-26(25)30-29-22)19-7-9-20(32)10-8-19/h5-12,15-16,32-33H,2-4,13-14H2,1H3,(H,28,29,30)/b11-5+. The van der Waals surface area contributed by atoms with Crippen LogP contribution in [0.4, 0.5) is 0 Å². The quantitative estimate of drug-likeness (QED) is 0.396. The number of aromatic nitrogens is 3. The van der Waals surface area contributed by atoms with Crippen LogP contribution >= 0.6 is 0 Å². The molecule has 1 aliphatic rings. The Morgan fingerprint density at radius 2 is 1.76 bits per heavy atom. The number of carbonyl (C=O) groups excluding carboxylic acids is 1. The fraction of sp³-hybridized carbons (Fsp3) is 0.222. The Labute approximate surface area is 197 Å². The molecule has 2 aromatic heterocycles. The second-order valence-electron chi connectivity index (χ2n) is 8.67. The number of rotatable bonds is 4. The molecule has 0 saturated carbocycles. The molecule has 7 nitrogen and oxygen atoms in total. The summed E-state index contributed by atoms with van der Waals surface area (Å²) in [7, 11) is 0. The van der Waals surface area contributed by atoms with Gasteiger partial charge in [0.15, 0.2) is 5.65 Å². The Morgan fingerprint density at radius 3 is 2.50 bits per heavy atom. The number of nitrogens with one attached hydrogen (secondary N) is 1. The van der Waals surface area contributed by atoms with Gasteiger partial charge in [0, 0.05) is 18.7 Å². The summed E-state index contributed by atoms with van der Waals surface area (Å²) in [6.07, 6.45) is 6.95. The van der Waals surface area contributed by atoms with Crippen molar-refractivity contribution in [1.29, 1.82) is 0 Å². The summed E-state index contributed by atoms with van der Waals surface area (Å²) in [4.78, 5) is 20.2.